The van der Waals surface area contributed by atoms with Gasteiger partial charge in [0.15, 0.2) is 0 Å². The fourth-order valence-electron chi connectivity index (χ4n) is 2.71. The van der Waals surface area contributed by atoms with E-state index in [1.165, 1.54) is 23.4 Å². The summed E-state index contributed by atoms with van der Waals surface area (Å²) in [4.78, 5) is 3.84. The van der Waals surface area contributed by atoms with E-state index in [0.717, 1.165) is 17.7 Å². The third kappa shape index (κ3) is 3.34. The lowest BCUT2D eigenvalue weighted by molar-refractivity contribution is 0.0726. The summed E-state index contributed by atoms with van der Waals surface area (Å²) in [5.74, 6) is -1.57. The molecule has 0 radical (unpaired) electrons. The first kappa shape index (κ1) is 17.0. The molecule has 4 nitrogen and oxygen atoms in total. The fraction of sp³-hybridized carbons (Fsp3) is 0.158. The highest BCUT2D eigenvalue weighted by atomic mass is 19.1. The van der Waals surface area contributed by atoms with Crippen molar-refractivity contribution in [3.8, 4) is 0 Å². The smallest absolute Gasteiger partial charge is 0.137 e. The van der Waals surface area contributed by atoms with Crippen molar-refractivity contribution in [2.24, 2.45) is 0 Å². The van der Waals surface area contributed by atoms with E-state index < -0.39 is 17.2 Å². The SMILES string of the molecule is C=C(c1ccc(C)cc1)[C@](O)(Cn1cncn1)c1ccc(F)cc1F. The highest BCUT2D eigenvalue weighted by Gasteiger charge is 2.37. The Morgan fingerprint density at radius 3 is 2.52 bits per heavy atom. The summed E-state index contributed by atoms with van der Waals surface area (Å²) in [6.45, 7) is 5.80. The summed E-state index contributed by atoms with van der Waals surface area (Å²) < 4.78 is 29.1. The molecule has 25 heavy (non-hydrogen) atoms. The molecule has 1 heterocycles. The minimum Gasteiger partial charge on any atom is -0.378 e. The molecule has 2 aromatic carbocycles. The predicted molar refractivity (Wildman–Crippen MR) is 90.5 cm³/mol. The van der Waals surface area contributed by atoms with Crippen molar-refractivity contribution < 1.29 is 13.9 Å². The van der Waals surface area contributed by atoms with Crippen LogP contribution in [0.25, 0.3) is 5.57 Å². The van der Waals surface area contributed by atoms with Gasteiger partial charge in [0.25, 0.3) is 0 Å². The monoisotopic (exact) mass is 341 g/mol. The van der Waals surface area contributed by atoms with Crippen LogP contribution in [0.1, 0.15) is 16.7 Å². The summed E-state index contributed by atoms with van der Waals surface area (Å²) in [5.41, 5.74) is 0.0885. The summed E-state index contributed by atoms with van der Waals surface area (Å²) in [6, 6.07) is 10.4. The third-order valence-corrected chi connectivity index (χ3v) is 4.13. The second-order valence-electron chi connectivity index (χ2n) is 5.92. The Labute approximate surface area is 144 Å². The molecule has 128 valence electrons. The van der Waals surface area contributed by atoms with Crippen LogP contribution in [0.5, 0.6) is 0 Å². The first-order valence-electron chi connectivity index (χ1n) is 7.67. The van der Waals surface area contributed by atoms with Gasteiger partial charge in [-0.2, -0.15) is 5.10 Å². The van der Waals surface area contributed by atoms with E-state index in [0.29, 0.717) is 5.56 Å². The Morgan fingerprint density at radius 1 is 1.20 bits per heavy atom. The lowest BCUT2D eigenvalue weighted by Gasteiger charge is -2.31. The van der Waals surface area contributed by atoms with Crippen LogP contribution in [-0.4, -0.2) is 19.9 Å². The third-order valence-electron chi connectivity index (χ3n) is 4.13. The normalized spacial score (nSPS) is 13.4. The maximum absolute atomic E-state index is 14.4. The molecule has 1 atom stereocenters. The second kappa shape index (κ2) is 6.57. The number of hydrogen-bond donors (Lipinski definition) is 1. The van der Waals surface area contributed by atoms with E-state index in [9.17, 15) is 13.9 Å². The van der Waals surface area contributed by atoms with Crippen LogP contribution < -0.4 is 0 Å². The second-order valence-corrected chi connectivity index (χ2v) is 5.92. The van der Waals surface area contributed by atoms with Crippen LogP contribution in [-0.2, 0) is 12.1 Å². The molecular formula is C19H17F2N3O. The van der Waals surface area contributed by atoms with Crippen LogP contribution >= 0.6 is 0 Å². The van der Waals surface area contributed by atoms with E-state index in [-0.39, 0.29) is 17.7 Å². The van der Waals surface area contributed by atoms with E-state index in [1.54, 1.807) is 12.1 Å². The first-order chi connectivity index (χ1) is 11.9. The molecule has 0 saturated carbocycles. The number of halogens is 2. The summed E-state index contributed by atoms with van der Waals surface area (Å²) in [5, 5.41) is 15.3. The summed E-state index contributed by atoms with van der Waals surface area (Å²) in [6.07, 6.45) is 2.73. The van der Waals surface area contributed by atoms with Crippen molar-refractivity contribution in [1.29, 1.82) is 0 Å². The molecule has 1 aromatic heterocycles. The molecule has 3 rings (SSSR count). The van der Waals surface area contributed by atoms with E-state index in [1.807, 2.05) is 19.1 Å². The highest BCUT2D eigenvalue weighted by molar-refractivity contribution is 5.72. The van der Waals surface area contributed by atoms with Crippen molar-refractivity contribution in [3.63, 3.8) is 0 Å². The Hall–Kier alpha value is -2.86. The van der Waals surface area contributed by atoms with Crippen LogP contribution in [0.15, 0.2) is 61.7 Å². The molecule has 0 bridgehead atoms. The topological polar surface area (TPSA) is 50.9 Å². The number of rotatable bonds is 5. The number of hydrogen-bond acceptors (Lipinski definition) is 3. The summed E-state index contributed by atoms with van der Waals surface area (Å²) in [7, 11) is 0. The predicted octanol–water partition coefficient (Wildman–Crippen LogP) is 3.47. The Morgan fingerprint density at radius 2 is 1.92 bits per heavy atom. The average molecular weight is 341 g/mol. The van der Waals surface area contributed by atoms with Gasteiger partial charge in [0.1, 0.15) is 29.9 Å². The number of aliphatic hydroxyl groups is 1. The Kier molecular flexibility index (Phi) is 4.46. The quantitative estimate of drug-likeness (QED) is 0.773. The maximum Gasteiger partial charge on any atom is 0.137 e. The van der Waals surface area contributed by atoms with Crippen molar-refractivity contribution in [3.05, 3.63) is 90.0 Å². The van der Waals surface area contributed by atoms with Crippen molar-refractivity contribution in [1.82, 2.24) is 14.8 Å². The number of nitrogens with zero attached hydrogens (tertiary/aromatic N) is 3. The highest BCUT2D eigenvalue weighted by Crippen LogP contribution is 2.38. The number of aryl methyl sites for hydroxylation is 1. The molecule has 3 aromatic rings. The number of benzene rings is 2. The average Bonchev–Trinajstić information content (AvgIpc) is 3.07. The van der Waals surface area contributed by atoms with Gasteiger partial charge in [0.05, 0.1) is 6.54 Å². The van der Waals surface area contributed by atoms with Crippen LogP contribution in [0.2, 0.25) is 0 Å². The number of aromatic nitrogens is 3. The van der Waals surface area contributed by atoms with Crippen LogP contribution in [0, 0.1) is 18.6 Å². The molecule has 0 aliphatic rings. The van der Waals surface area contributed by atoms with E-state index in [4.69, 9.17) is 0 Å². The van der Waals surface area contributed by atoms with Gasteiger partial charge in [-0.3, -0.25) is 0 Å². The van der Waals surface area contributed by atoms with E-state index >= 15 is 0 Å². The molecule has 0 saturated heterocycles. The van der Waals surface area contributed by atoms with Gasteiger partial charge in [-0.25, -0.2) is 18.4 Å². The van der Waals surface area contributed by atoms with Gasteiger partial charge in [-0.1, -0.05) is 36.4 Å². The van der Waals surface area contributed by atoms with Gasteiger partial charge in [-0.05, 0) is 30.2 Å². The van der Waals surface area contributed by atoms with Crippen LogP contribution in [0.4, 0.5) is 8.78 Å². The minimum atomic E-state index is -1.82. The minimum absolute atomic E-state index is 0.0741. The zero-order valence-electron chi connectivity index (χ0n) is 13.7. The zero-order chi connectivity index (χ0) is 18.0. The lowest BCUT2D eigenvalue weighted by Crippen LogP contribution is -2.34. The molecule has 0 unspecified atom stereocenters. The van der Waals surface area contributed by atoms with E-state index in [2.05, 4.69) is 16.7 Å². The van der Waals surface area contributed by atoms with Crippen molar-refractivity contribution >= 4 is 5.57 Å². The molecule has 0 aliphatic carbocycles. The van der Waals surface area contributed by atoms with Crippen molar-refractivity contribution in [2.45, 2.75) is 19.1 Å². The molecule has 6 heteroatoms. The van der Waals surface area contributed by atoms with Gasteiger partial charge in [0.2, 0.25) is 0 Å². The lowest BCUT2D eigenvalue weighted by atomic mass is 9.82. The molecule has 0 aliphatic heterocycles. The molecule has 0 spiro atoms. The van der Waals surface area contributed by atoms with Gasteiger partial charge >= 0.3 is 0 Å². The van der Waals surface area contributed by atoms with Crippen molar-refractivity contribution in [2.75, 3.05) is 0 Å². The largest absolute Gasteiger partial charge is 0.378 e. The standard InChI is InChI=1S/C19H17F2N3O/c1-13-3-5-15(6-4-13)14(2)19(25,10-24-12-22-11-23-24)17-8-7-16(20)9-18(17)21/h3-9,11-12,25H,2,10H2,1H3/t19-/m1/s1. The molecule has 1 N–H and O–H groups in total. The molecule has 0 amide bonds. The van der Waals surface area contributed by atoms with Gasteiger partial charge < -0.3 is 5.11 Å². The first-order valence-corrected chi connectivity index (χ1v) is 7.67. The zero-order valence-corrected chi connectivity index (χ0v) is 13.7. The molecular weight excluding hydrogens is 324 g/mol. The Bertz CT molecular complexity index is 892. The molecule has 0 fully saturated rings. The maximum atomic E-state index is 14.4. The fourth-order valence-corrected chi connectivity index (χ4v) is 2.71. The van der Waals surface area contributed by atoms with Gasteiger partial charge in [-0.15, -0.1) is 0 Å². The van der Waals surface area contributed by atoms with Crippen LogP contribution in [0.3, 0.4) is 0 Å². The summed E-state index contributed by atoms with van der Waals surface area (Å²) >= 11 is 0. The Balaban J connectivity index is 2.10. The van der Waals surface area contributed by atoms with Gasteiger partial charge in [0, 0.05) is 11.6 Å².